The van der Waals surface area contributed by atoms with Crippen LogP contribution in [0.5, 0.6) is 0 Å². The number of thioether (sulfide) groups is 1. The van der Waals surface area contributed by atoms with Gasteiger partial charge in [0.2, 0.25) is 0 Å². The molecule has 6 heteroatoms. The highest BCUT2D eigenvalue weighted by atomic mass is 35.5. The topological polar surface area (TPSA) is 37.4 Å². The Morgan fingerprint density at radius 3 is 2.50 bits per heavy atom. The van der Waals surface area contributed by atoms with Crippen LogP contribution in [-0.4, -0.2) is 16.0 Å². The molecule has 24 heavy (non-hydrogen) atoms. The van der Waals surface area contributed by atoms with E-state index < -0.39 is 0 Å². The van der Waals surface area contributed by atoms with Gasteiger partial charge in [-0.05, 0) is 42.0 Å². The summed E-state index contributed by atoms with van der Waals surface area (Å²) in [6.07, 6.45) is 1.61. The van der Waals surface area contributed by atoms with Gasteiger partial charge in [-0.3, -0.25) is 14.5 Å². The summed E-state index contributed by atoms with van der Waals surface area (Å²) in [5, 5.41) is 0.485. The number of hydrogen-bond acceptors (Lipinski definition) is 3. The first kappa shape index (κ1) is 17.1. The lowest BCUT2D eigenvalue weighted by atomic mass is 10.1. The maximum atomic E-state index is 12.5. The highest BCUT2D eigenvalue weighted by Crippen LogP contribution is 2.35. The number of carbonyl (C=O) groups excluding carboxylic acids is 2. The van der Waals surface area contributed by atoms with Gasteiger partial charge >= 0.3 is 0 Å². The first-order valence-corrected chi connectivity index (χ1v) is 8.78. The van der Waals surface area contributed by atoms with Crippen molar-refractivity contribution >= 4 is 52.2 Å². The molecule has 0 aromatic heterocycles. The van der Waals surface area contributed by atoms with Crippen molar-refractivity contribution in [3.8, 4) is 0 Å². The number of nitrogens with zero attached hydrogens (tertiary/aromatic N) is 1. The molecule has 2 aromatic carbocycles. The minimum Gasteiger partial charge on any atom is -0.268 e. The molecule has 0 radical (unpaired) electrons. The third kappa shape index (κ3) is 3.51. The van der Waals surface area contributed by atoms with Crippen LogP contribution < -0.4 is 0 Å². The maximum Gasteiger partial charge on any atom is 0.293 e. The van der Waals surface area contributed by atoms with Gasteiger partial charge in [-0.1, -0.05) is 65.2 Å². The number of carbonyl (C=O) groups is 2. The van der Waals surface area contributed by atoms with Crippen LogP contribution in [0.2, 0.25) is 10.0 Å². The summed E-state index contributed by atoms with van der Waals surface area (Å²) in [4.78, 5) is 26.3. The SMILES string of the molecule is Cc1ccc(CN2C(=O)S/C(=C\c3cccc(Cl)c3Cl)C2=O)cc1. The summed E-state index contributed by atoms with van der Waals surface area (Å²) in [5.74, 6) is -0.318. The lowest BCUT2D eigenvalue weighted by Gasteiger charge is -2.12. The molecule has 0 bridgehead atoms. The van der Waals surface area contributed by atoms with E-state index in [0.29, 0.717) is 20.5 Å². The molecule has 1 aliphatic heterocycles. The van der Waals surface area contributed by atoms with Gasteiger partial charge in [0, 0.05) is 0 Å². The largest absolute Gasteiger partial charge is 0.293 e. The van der Waals surface area contributed by atoms with Gasteiger partial charge < -0.3 is 0 Å². The van der Waals surface area contributed by atoms with E-state index in [1.165, 1.54) is 4.90 Å². The molecule has 3 rings (SSSR count). The van der Waals surface area contributed by atoms with E-state index in [9.17, 15) is 9.59 Å². The fourth-order valence-electron chi connectivity index (χ4n) is 2.29. The van der Waals surface area contributed by atoms with Crippen molar-refractivity contribution in [1.29, 1.82) is 0 Å². The van der Waals surface area contributed by atoms with E-state index in [1.54, 1.807) is 24.3 Å². The summed E-state index contributed by atoms with van der Waals surface area (Å²) in [7, 11) is 0. The fraction of sp³-hybridized carbons (Fsp3) is 0.111. The van der Waals surface area contributed by atoms with E-state index in [-0.39, 0.29) is 17.7 Å². The van der Waals surface area contributed by atoms with Gasteiger partial charge in [-0.2, -0.15) is 0 Å². The molecule has 2 aromatic rings. The Kier molecular flexibility index (Phi) is 4.99. The summed E-state index contributed by atoms with van der Waals surface area (Å²) >= 11 is 13.0. The zero-order valence-electron chi connectivity index (χ0n) is 12.8. The van der Waals surface area contributed by atoms with Crippen molar-refractivity contribution in [3.63, 3.8) is 0 Å². The molecule has 0 spiro atoms. The third-order valence-corrected chi connectivity index (χ3v) is 5.34. The second kappa shape index (κ2) is 7.01. The number of halogens is 2. The monoisotopic (exact) mass is 377 g/mol. The van der Waals surface area contributed by atoms with Crippen LogP contribution in [0.25, 0.3) is 6.08 Å². The Morgan fingerprint density at radius 2 is 1.79 bits per heavy atom. The van der Waals surface area contributed by atoms with Crippen molar-refractivity contribution in [1.82, 2.24) is 4.90 Å². The number of hydrogen-bond donors (Lipinski definition) is 0. The van der Waals surface area contributed by atoms with Gasteiger partial charge in [-0.25, -0.2) is 0 Å². The van der Waals surface area contributed by atoms with Crippen LogP contribution in [0.4, 0.5) is 4.79 Å². The number of imide groups is 1. The zero-order chi connectivity index (χ0) is 17.3. The number of benzene rings is 2. The van der Waals surface area contributed by atoms with Gasteiger partial charge in [0.15, 0.2) is 0 Å². The van der Waals surface area contributed by atoms with Crippen LogP contribution in [0.15, 0.2) is 47.4 Å². The highest BCUT2D eigenvalue weighted by molar-refractivity contribution is 8.18. The van der Waals surface area contributed by atoms with E-state index in [2.05, 4.69) is 0 Å². The average Bonchev–Trinajstić information content (AvgIpc) is 2.81. The molecule has 0 saturated carbocycles. The highest BCUT2D eigenvalue weighted by Gasteiger charge is 2.35. The number of aryl methyl sites for hydroxylation is 1. The van der Waals surface area contributed by atoms with Crippen LogP contribution in [0, 0.1) is 6.92 Å². The molecule has 0 atom stereocenters. The Labute approximate surface area is 154 Å². The van der Waals surface area contributed by atoms with Crippen LogP contribution in [0.1, 0.15) is 16.7 Å². The molecule has 122 valence electrons. The maximum absolute atomic E-state index is 12.5. The van der Waals surface area contributed by atoms with Crippen molar-refractivity contribution in [2.45, 2.75) is 13.5 Å². The second-order valence-corrected chi connectivity index (χ2v) is 7.17. The van der Waals surface area contributed by atoms with Gasteiger partial charge in [0.05, 0.1) is 21.5 Å². The van der Waals surface area contributed by atoms with E-state index in [0.717, 1.165) is 22.9 Å². The number of amides is 2. The Hall–Kier alpha value is -1.75. The zero-order valence-corrected chi connectivity index (χ0v) is 15.1. The lowest BCUT2D eigenvalue weighted by Crippen LogP contribution is -2.27. The van der Waals surface area contributed by atoms with Crippen LogP contribution in [-0.2, 0) is 11.3 Å². The molecule has 1 fully saturated rings. The minimum absolute atomic E-state index is 0.256. The summed E-state index contributed by atoms with van der Waals surface area (Å²) < 4.78 is 0. The molecule has 1 heterocycles. The predicted molar refractivity (Wildman–Crippen MR) is 99.2 cm³/mol. The Bertz CT molecular complexity index is 847. The van der Waals surface area contributed by atoms with Gasteiger partial charge in [0.25, 0.3) is 11.1 Å². The van der Waals surface area contributed by atoms with Crippen molar-refractivity contribution in [2.24, 2.45) is 0 Å². The average molecular weight is 378 g/mol. The van der Waals surface area contributed by atoms with E-state index in [1.807, 2.05) is 31.2 Å². The van der Waals surface area contributed by atoms with E-state index in [4.69, 9.17) is 23.2 Å². The van der Waals surface area contributed by atoms with E-state index >= 15 is 0 Å². The van der Waals surface area contributed by atoms with Gasteiger partial charge in [0.1, 0.15) is 0 Å². The molecule has 2 amide bonds. The summed E-state index contributed by atoms with van der Waals surface area (Å²) in [6, 6.07) is 12.9. The normalized spacial score (nSPS) is 16.3. The first-order chi connectivity index (χ1) is 11.5. The molecule has 0 N–H and O–H groups in total. The Morgan fingerprint density at radius 1 is 1.08 bits per heavy atom. The van der Waals surface area contributed by atoms with Crippen molar-refractivity contribution < 1.29 is 9.59 Å². The first-order valence-electron chi connectivity index (χ1n) is 7.20. The molecule has 3 nitrogen and oxygen atoms in total. The molecule has 0 aliphatic carbocycles. The number of rotatable bonds is 3. The molecular formula is C18H13Cl2NO2S. The predicted octanol–water partition coefficient (Wildman–Crippen LogP) is 5.54. The minimum atomic E-state index is -0.318. The molecular weight excluding hydrogens is 365 g/mol. The van der Waals surface area contributed by atoms with Gasteiger partial charge in [-0.15, -0.1) is 0 Å². The third-order valence-electron chi connectivity index (χ3n) is 3.60. The quantitative estimate of drug-likeness (QED) is 0.659. The Balaban J connectivity index is 1.84. The lowest BCUT2D eigenvalue weighted by molar-refractivity contribution is -0.123. The smallest absolute Gasteiger partial charge is 0.268 e. The molecule has 1 saturated heterocycles. The fourth-order valence-corrected chi connectivity index (χ4v) is 3.48. The molecule has 0 unspecified atom stereocenters. The standard InChI is InChI=1S/C18H13Cl2NO2S/c1-11-5-7-12(8-6-11)10-21-17(22)15(24-18(21)23)9-13-3-2-4-14(19)16(13)20/h2-9H,10H2,1H3/b15-9-. The molecule has 1 aliphatic rings. The van der Waals surface area contributed by atoms with Crippen molar-refractivity contribution in [3.05, 3.63) is 74.1 Å². The summed E-state index contributed by atoms with van der Waals surface area (Å²) in [6.45, 7) is 2.24. The van der Waals surface area contributed by atoms with Crippen LogP contribution in [0.3, 0.4) is 0 Å². The second-order valence-electron chi connectivity index (χ2n) is 5.40. The van der Waals surface area contributed by atoms with Crippen LogP contribution >= 0.6 is 35.0 Å². The van der Waals surface area contributed by atoms with Crippen molar-refractivity contribution in [2.75, 3.05) is 0 Å². The summed E-state index contributed by atoms with van der Waals surface area (Å²) in [5.41, 5.74) is 2.65.